The molecule has 19 heavy (non-hydrogen) atoms. The van der Waals surface area contributed by atoms with Crippen molar-refractivity contribution in [3.8, 4) is 0 Å². The van der Waals surface area contributed by atoms with Crippen molar-refractivity contribution in [2.45, 2.75) is 4.90 Å². The molecule has 0 radical (unpaired) electrons. The maximum absolute atomic E-state index is 6.06. The van der Waals surface area contributed by atoms with Gasteiger partial charge in [-0.2, -0.15) is 0 Å². The lowest BCUT2D eigenvalue weighted by atomic mass is 10.3. The first-order chi connectivity index (χ1) is 9.24. The largest absolute Gasteiger partial charge is 0.399 e. The van der Waals surface area contributed by atoms with E-state index in [-0.39, 0.29) is 0 Å². The Balaban J connectivity index is 2.03. The van der Waals surface area contributed by atoms with E-state index < -0.39 is 0 Å². The van der Waals surface area contributed by atoms with Crippen molar-refractivity contribution >= 4 is 29.1 Å². The third-order valence-corrected chi connectivity index (χ3v) is 3.71. The van der Waals surface area contributed by atoms with E-state index in [1.165, 1.54) is 0 Å². The van der Waals surface area contributed by atoms with Crippen LogP contribution in [0.15, 0.2) is 23.1 Å². The predicted molar refractivity (Wildman–Crippen MR) is 80.1 cm³/mol. The molecule has 0 saturated heterocycles. The Kier molecular flexibility index (Phi) is 9.03. The second-order valence-electron chi connectivity index (χ2n) is 3.76. The molecule has 4 nitrogen and oxygen atoms in total. The summed E-state index contributed by atoms with van der Waals surface area (Å²) < 4.78 is 15.6. The first-order valence-electron chi connectivity index (χ1n) is 6.06. The summed E-state index contributed by atoms with van der Waals surface area (Å²) >= 11 is 7.69. The highest BCUT2D eigenvalue weighted by Gasteiger charge is 2.01. The molecular weight excluding hydrogens is 286 g/mol. The minimum Gasteiger partial charge on any atom is -0.399 e. The fraction of sp³-hybridized carbons (Fsp3) is 0.538. The van der Waals surface area contributed by atoms with Crippen molar-refractivity contribution in [3.05, 3.63) is 23.2 Å². The summed E-state index contributed by atoms with van der Waals surface area (Å²) in [7, 11) is 1.65. The first kappa shape index (κ1) is 16.6. The summed E-state index contributed by atoms with van der Waals surface area (Å²) in [6.45, 7) is 3.06. The van der Waals surface area contributed by atoms with E-state index in [9.17, 15) is 0 Å². The number of ether oxygens (including phenoxy) is 3. The summed E-state index contributed by atoms with van der Waals surface area (Å²) in [5.41, 5.74) is 6.43. The Bertz CT molecular complexity index is 366. The molecule has 0 saturated carbocycles. The third kappa shape index (κ3) is 7.64. The number of hydrogen-bond acceptors (Lipinski definition) is 5. The van der Waals surface area contributed by atoms with Crippen LogP contribution in [0.25, 0.3) is 0 Å². The van der Waals surface area contributed by atoms with Gasteiger partial charge in [0, 0.05) is 23.4 Å². The molecular formula is C13H20ClNO3S. The van der Waals surface area contributed by atoms with Crippen LogP contribution >= 0.6 is 23.4 Å². The van der Waals surface area contributed by atoms with Crippen LogP contribution in [0, 0.1) is 0 Å². The van der Waals surface area contributed by atoms with Crippen LogP contribution in [0.2, 0.25) is 5.02 Å². The van der Waals surface area contributed by atoms with Crippen molar-refractivity contribution in [3.63, 3.8) is 0 Å². The van der Waals surface area contributed by atoms with Gasteiger partial charge in [0.05, 0.1) is 38.1 Å². The van der Waals surface area contributed by atoms with Crippen LogP contribution in [0.5, 0.6) is 0 Å². The third-order valence-electron chi connectivity index (χ3n) is 2.24. The number of benzene rings is 1. The molecule has 0 aliphatic carbocycles. The Morgan fingerprint density at radius 1 is 1.11 bits per heavy atom. The van der Waals surface area contributed by atoms with Crippen molar-refractivity contribution in [2.24, 2.45) is 0 Å². The molecule has 0 aliphatic rings. The van der Waals surface area contributed by atoms with E-state index in [1.807, 2.05) is 12.1 Å². The Hall–Kier alpha value is -0.460. The number of hydrogen-bond donors (Lipinski definition) is 1. The Morgan fingerprint density at radius 3 is 2.53 bits per heavy atom. The van der Waals surface area contributed by atoms with Crippen molar-refractivity contribution in [2.75, 3.05) is 51.6 Å². The van der Waals surface area contributed by atoms with Crippen LogP contribution in [0.1, 0.15) is 0 Å². The molecule has 0 atom stereocenters. The quantitative estimate of drug-likeness (QED) is 0.409. The van der Waals surface area contributed by atoms with Gasteiger partial charge in [0.2, 0.25) is 0 Å². The van der Waals surface area contributed by atoms with E-state index in [0.717, 1.165) is 21.4 Å². The number of nitrogen functional groups attached to an aromatic ring is 1. The van der Waals surface area contributed by atoms with Crippen LogP contribution in [-0.2, 0) is 14.2 Å². The van der Waals surface area contributed by atoms with Crippen LogP contribution in [0.3, 0.4) is 0 Å². The van der Waals surface area contributed by atoms with Gasteiger partial charge in [-0.3, -0.25) is 0 Å². The number of rotatable bonds is 10. The van der Waals surface area contributed by atoms with Gasteiger partial charge in [0.1, 0.15) is 0 Å². The van der Waals surface area contributed by atoms with Crippen molar-refractivity contribution in [1.82, 2.24) is 0 Å². The van der Waals surface area contributed by atoms with Gasteiger partial charge in [-0.15, -0.1) is 11.8 Å². The average Bonchev–Trinajstić information content (AvgIpc) is 2.40. The molecule has 0 amide bonds. The number of anilines is 1. The van der Waals surface area contributed by atoms with Gasteiger partial charge >= 0.3 is 0 Å². The molecule has 1 rings (SSSR count). The minimum absolute atomic E-state index is 0.590. The van der Waals surface area contributed by atoms with Crippen molar-refractivity contribution in [1.29, 1.82) is 0 Å². The molecule has 0 aromatic heterocycles. The lowest BCUT2D eigenvalue weighted by molar-refractivity contribution is 0.0286. The molecule has 0 aliphatic heterocycles. The van der Waals surface area contributed by atoms with Crippen LogP contribution in [-0.4, -0.2) is 45.9 Å². The SMILES string of the molecule is COCCOCCOCCSc1cc(N)ccc1Cl. The number of methoxy groups -OCH3 is 1. The monoisotopic (exact) mass is 305 g/mol. The van der Waals surface area contributed by atoms with Gasteiger partial charge < -0.3 is 19.9 Å². The molecule has 0 bridgehead atoms. The Labute approximate surface area is 123 Å². The van der Waals surface area contributed by atoms with Crippen molar-refractivity contribution < 1.29 is 14.2 Å². The summed E-state index contributed by atoms with van der Waals surface area (Å²) in [5.74, 6) is 0.835. The lowest BCUT2D eigenvalue weighted by Gasteiger charge is -2.07. The van der Waals surface area contributed by atoms with E-state index in [1.54, 1.807) is 24.9 Å². The highest BCUT2D eigenvalue weighted by atomic mass is 35.5. The smallest absolute Gasteiger partial charge is 0.0701 e. The first-order valence-corrected chi connectivity index (χ1v) is 7.42. The summed E-state index contributed by atoms with van der Waals surface area (Å²) in [6, 6.07) is 5.48. The molecule has 0 heterocycles. The van der Waals surface area contributed by atoms with Gasteiger partial charge in [-0.25, -0.2) is 0 Å². The lowest BCUT2D eigenvalue weighted by Crippen LogP contribution is -2.09. The fourth-order valence-corrected chi connectivity index (χ4v) is 2.43. The second kappa shape index (κ2) is 10.3. The zero-order valence-corrected chi connectivity index (χ0v) is 12.6. The van der Waals surface area contributed by atoms with Gasteiger partial charge in [-0.1, -0.05) is 11.6 Å². The zero-order valence-electron chi connectivity index (χ0n) is 11.1. The van der Waals surface area contributed by atoms with E-state index in [2.05, 4.69) is 0 Å². The zero-order chi connectivity index (χ0) is 13.9. The summed E-state index contributed by atoms with van der Waals surface area (Å²) in [6.07, 6.45) is 0. The maximum atomic E-state index is 6.06. The molecule has 0 spiro atoms. The molecule has 1 aromatic carbocycles. The number of halogens is 1. The molecule has 0 fully saturated rings. The minimum atomic E-state index is 0.590. The maximum Gasteiger partial charge on any atom is 0.0701 e. The van der Waals surface area contributed by atoms with Gasteiger partial charge in [0.25, 0.3) is 0 Å². The number of nitrogens with two attached hydrogens (primary N) is 1. The average molecular weight is 306 g/mol. The number of thioether (sulfide) groups is 1. The van der Waals surface area contributed by atoms with E-state index >= 15 is 0 Å². The Morgan fingerprint density at radius 2 is 1.79 bits per heavy atom. The van der Waals surface area contributed by atoms with Gasteiger partial charge in [-0.05, 0) is 18.2 Å². The highest BCUT2D eigenvalue weighted by Crippen LogP contribution is 2.28. The highest BCUT2D eigenvalue weighted by molar-refractivity contribution is 7.99. The van der Waals surface area contributed by atoms with E-state index in [0.29, 0.717) is 33.0 Å². The standard InChI is InChI=1S/C13H20ClNO3S/c1-16-4-5-17-6-7-18-8-9-19-13-10-11(15)2-3-12(13)14/h2-3,10H,4-9,15H2,1H3. The normalized spacial score (nSPS) is 10.8. The topological polar surface area (TPSA) is 53.7 Å². The molecule has 108 valence electrons. The fourth-order valence-electron chi connectivity index (χ4n) is 1.31. The molecule has 6 heteroatoms. The van der Waals surface area contributed by atoms with Crippen LogP contribution in [0.4, 0.5) is 5.69 Å². The molecule has 1 aromatic rings. The van der Waals surface area contributed by atoms with Gasteiger partial charge in [0.15, 0.2) is 0 Å². The second-order valence-corrected chi connectivity index (χ2v) is 5.30. The molecule has 0 unspecified atom stereocenters. The molecule has 2 N–H and O–H groups in total. The predicted octanol–water partition coefficient (Wildman–Crippen LogP) is 2.69. The summed E-state index contributed by atoms with van der Waals surface area (Å²) in [4.78, 5) is 0.988. The van der Waals surface area contributed by atoms with Crippen LogP contribution < -0.4 is 5.73 Å². The van der Waals surface area contributed by atoms with E-state index in [4.69, 9.17) is 31.5 Å². The summed E-state index contributed by atoms with van der Waals surface area (Å²) in [5, 5.41) is 0.724.